The van der Waals surface area contributed by atoms with Crippen LogP contribution in [0.5, 0.6) is 0 Å². The van der Waals surface area contributed by atoms with E-state index in [9.17, 15) is 9.59 Å². The van der Waals surface area contributed by atoms with E-state index in [0.717, 1.165) is 13.1 Å². The molecule has 124 valence electrons. The summed E-state index contributed by atoms with van der Waals surface area (Å²) in [5.74, 6) is 1.29. The summed E-state index contributed by atoms with van der Waals surface area (Å²) < 4.78 is 5.11. The molecule has 1 rings (SSSR count). The molecule has 0 aromatic carbocycles. The van der Waals surface area contributed by atoms with Crippen LogP contribution in [-0.4, -0.2) is 36.5 Å². The van der Waals surface area contributed by atoms with Gasteiger partial charge in [-0.15, -0.1) is 0 Å². The topological polar surface area (TPSA) is 74.6 Å². The van der Waals surface area contributed by atoms with Crippen LogP contribution in [0, 0.1) is 11.8 Å². The lowest BCUT2D eigenvalue weighted by molar-refractivity contribution is -0.121. The van der Waals surface area contributed by atoms with Gasteiger partial charge in [0.25, 0.3) is 0 Å². The fourth-order valence-electron chi connectivity index (χ4n) is 2.23. The fraction of sp³-hybridized carbons (Fsp3) is 0.625. The predicted octanol–water partition coefficient (Wildman–Crippen LogP) is 2.22. The molecule has 0 saturated carbocycles. The molecule has 0 aliphatic carbocycles. The van der Waals surface area contributed by atoms with E-state index in [4.69, 9.17) is 4.42 Å². The van der Waals surface area contributed by atoms with Gasteiger partial charge in [0, 0.05) is 13.1 Å². The van der Waals surface area contributed by atoms with Gasteiger partial charge in [0.2, 0.25) is 5.91 Å². The van der Waals surface area contributed by atoms with E-state index < -0.39 is 6.03 Å². The molecule has 0 radical (unpaired) electrons. The van der Waals surface area contributed by atoms with Crippen molar-refractivity contribution in [1.29, 1.82) is 0 Å². The molecule has 6 heteroatoms. The van der Waals surface area contributed by atoms with E-state index in [1.165, 1.54) is 6.26 Å². The molecule has 0 aliphatic heterocycles. The minimum Gasteiger partial charge on any atom is -0.467 e. The second-order valence-electron chi connectivity index (χ2n) is 6.29. The van der Waals surface area contributed by atoms with Crippen molar-refractivity contribution in [3.05, 3.63) is 24.2 Å². The third kappa shape index (κ3) is 7.83. The summed E-state index contributed by atoms with van der Waals surface area (Å²) in [6.07, 6.45) is 1.54. The Bertz CT molecular complexity index is 445. The zero-order chi connectivity index (χ0) is 16.5. The standard InChI is InChI=1S/C16H27N3O3/c1-12(2)9-19(10-13(3)4)11-15(20)18-16(21)17-8-14-6-5-7-22-14/h5-7,12-13H,8-11H2,1-4H3,(H2,17,18,20,21). The first-order valence-corrected chi connectivity index (χ1v) is 7.69. The molecule has 0 unspecified atom stereocenters. The van der Waals surface area contributed by atoms with Gasteiger partial charge in [0.15, 0.2) is 0 Å². The lowest BCUT2D eigenvalue weighted by atomic mass is 10.1. The molecule has 1 heterocycles. The third-order valence-electron chi connectivity index (χ3n) is 2.87. The number of nitrogens with zero attached hydrogens (tertiary/aromatic N) is 1. The van der Waals surface area contributed by atoms with Crippen LogP contribution >= 0.6 is 0 Å². The molecule has 0 aliphatic rings. The first-order valence-electron chi connectivity index (χ1n) is 7.69. The maximum Gasteiger partial charge on any atom is 0.321 e. The van der Waals surface area contributed by atoms with E-state index in [-0.39, 0.29) is 19.0 Å². The van der Waals surface area contributed by atoms with Crippen molar-refractivity contribution in [2.45, 2.75) is 34.2 Å². The average Bonchev–Trinajstić information content (AvgIpc) is 2.87. The Morgan fingerprint density at radius 1 is 1.18 bits per heavy atom. The normalized spacial score (nSPS) is 11.2. The number of hydrogen-bond donors (Lipinski definition) is 2. The molecule has 1 aromatic heterocycles. The molecular formula is C16H27N3O3. The Morgan fingerprint density at radius 3 is 2.32 bits per heavy atom. The zero-order valence-corrected chi connectivity index (χ0v) is 13.9. The van der Waals surface area contributed by atoms with E-state index in [1.807, 2.05) is 0 Å². The smallest absolute Gasteiger partial charge is 0.321 e. The van der Waals surface area contributed by atoms with Gasteiger partial charge < -0.3 is 9.73 Å². The summed E-state index contributed by atoms with van der Waals surface area (Å²) in [4.78, 5) is 25.7. The van der Waals surface area contributed by atoms with Crippen molar-refractivity contribution in [2.75, 3.05) is 19.6 Å². The summed E-state index contributed by atoms with van der Waals surface area (Å²) in [6, 6.07) is 3.00. The van der Waals surface area contributed by atoms with Gasteiger partial charge in [0.1, 0.15) is 5.76 Å². The quantitative estimate of drug-likeness (QED) is 0.772. The summed E-state index contributed by atoms with van der Waals surface area (Å²) >= 11 is 0. The molecule has 0 saturated heterocycles. The number of furan rings is 1. The Kier molecular flexibility index (Phi) is 7.66. The highest BCUT2D eigenvalue weighted by atomic mass is 16.3. The van der Waals surface area contributed by atoms with Crippen LogP contribution in [0.25, 0.3) is 0 Å². The second-order valence-corrected chi connectivity index (χ2v) is 6.29. The van der Waals surface area contributed by atoms with Crippen LogP contribution in [0.4, 0.5) is 4.79 Å². The van der Waals surface area contributed by atoms with E-state index in [1.54, 1.807) is 12.1 Å². The molecule has 22 heavy (non-hydrogen) atoms. The molecule has 1 aromatic rings. The fourth-order valence-corrected chi connectivity index (χ4v) is 2.23. The van der Waals surface area contributed by atoms with Gasteiger partial charge in [-0.25, -0.2) is 4.79 Å². The summed E-state index contributed by atoms with van der Waals surface area (Å²) in [5.41, 5.74) is 0. The molecule has 6 nitrogen and oxygen atoms in total. The van der Waals surface area contributed by atoms with Crippen LogP contribution in [0.3, 0.4) is 0 Å². The Morgan fingerprint density at radius 2 is 1.82 bits per heavy atom. The molecule has 3 amide bonds. The van der Waals surface area contributed by atoms with Gasteiger partial charge in [-0.3, -0.25) is 15.0 Å². The Hall–Kier alpha value is -1.82. The van der Waals surface area contributed by atoms with Gasteiger partial charge in [-0.1, -0.05) is 27.7 Å². The maximum absolute atomic E-state index is 12.0. The first kappa shape index (κ1) is 18.2. The summed E-state index contributed by atoms with van der Waals surface area (Å²) in [5, 5.41) is 4.93. The van der Waals surface area contributed by atoms with Crippen molar-refractivity contribution in [2.24, 2.45) is 11.8 Å². The van der Waals surface area contributed by atoms with Crippen molar-refractivity contribution in [3.63, 3.8) is 0 Å². The number of carbonyl (C=O) groups is 2. The number of amides is 3. The lowest BCUT2D eigenvalue weighted by Crippen LogP contribution is -2.45. The van der Waals surface area contributed by atoms with Gasteiger partial charge in [-0.05, 0) is 24.0 Å². The number of rotatable bonds is 8. The van der Waals surface area contributed by atoms with Crippen molar-refractivity contribution < 1.29 is 14.0 Å². The second kappa shape index (κ2) is 9.25. The Balaban J connectivity index is 2.36. The van der Waals surface area contributed by atoms with Crippen molar-refractivity contribution >= 4 is 11.9 Å². The number of imide groups is 1. The van der Waals surface area contributed by atoms with Gasteiger partial charge in [0.05, 0.1) is 19.4 Å². The van der Waals surface area contributed by atoms with Crippen molar-refractivity contribution in [3.8, 4) is 0 Å². The summed E-state index contributed by atoms with van der Waals surface area (Å²) in [7, 11) is 0. The minimum atomic E-state index is -0.504. The molecular weight excluding hydrogens is 282 g/mol. The number of urea groups is 1. The SMILES string of the molecule is CC(C)CN(CC(=O)NC(=O)NCc1ccco1)CC(C)C. The minimum absolute atomic E-state index is 0.227. The maximum atomic E-state index is 12.0. The largest absolute Gasteiger partial charge is 0.467 e. The number of hydrogen-bond acceptors (Lipinski definition) is 4. The van der Waals surface area contributed by atoms with Gasteiger partial charge in [-0.2, -0.15) is 0 Å². The molecule has 0 atom stereocenters. The highest BCUT2D eigenvalue weighted by molar-refractivity contribution is 5.95. The van der Waals surface area contributed by atoms with E-state index in [0.29, 0.717) is 17.6 Å². The van der Waals surface area contributed by atoms with E-state index in [2.05, 4.69) is 43.2 Å². The number of nitrogens with one attached hydrogen (secondary N) is 2. The Labute approximate surface area is 132 Å². The highest BCUT2D eigenvalue weighted by Gasteiger charge is 2.15. The van der Waals surface area contributed by atoms with Crippen LogP contribution < -0.4 is 10.6 Å². The average molecular weight is 309 g/mol. The van der Waals surface area contributed by atoms with Gasteiger partial charge >= 0.3 is 6.03 Å². The zero-order valence-electron chi connectivity index (χ0n) is 13.9. The van der Waals surface area contributed by atoms with Crippen LogP contribution in [0.1, 0.15) is 33.5 Å². The van der Waals surface area contributed by atoms with Crippen LogP contribution in [0.2, 0.25) is 0 Å². The predicted molar refractivity (Wildman–Crippen MR) is 85.2 cm³/mol. The van der Waals surface area contributed by atoms with Crippen LogP contribution in [-0.2, 0) is 11.3 Å². The lowest BCUT2D eigenvalue weighted by Gasteiger charge is -2.25. The molecule has 0 fully saturated rings. The van der Waals surface area contributed by atoms with Crippen molar-refractivity contribution in [1.82, 2.24) is 15.5 Å². The molecule has 2 N–H and O–H groups in total. The monoisotopic (exact) mass is 309 g/mol. The highest BCUT2D eigenvalue weighted by Crippen LogP contribution is 2.03. The first-order chi connectivity index (χ1) is 10.4. The molecule has 0 spiro atoms. The van der Waals surface area contributed by atoms with Crippen LogP contribution in [0.15, 0.2) is 22.8 Å². The number of carbonyl (C=O) groups excluding carboxylic acids is 2. The van der Waals surface area contributed by atoms with E-state index >= 15 is 0 Å². The summed E-state index contributed by atoms with van der Waals surface area (Å²) in [6.45, 7) is 10.6. The third-order valence-corrected chi connectivity index (χ3v) is 2.87. The molecule has 0 bridgehead atoms.